The molecule has 5 heteroatoms. The standard InChI is InChI=1S/C14H10FNO2S/c1-18-10-5-7-11(8-6-10)19(17)14-4-2-3-13(15)12(14)9-16/h2-8H,1H3/t19-/m0/s1. The van der Waals surface area contributed by atoms with Gasteiger partial charge >= 0.3 is 0 Å². The lowest BCUT2D eigenvalue weighted by atomic mass is 10.2. The average Bonchev–Trinajstić information content (AvgIpc) is 2.46. The van der Waals surface area contributed by atoms with Gasteiger partial charge in [-0.05, 0) is 36.4 Å². The summed E-state index contributed by atoms with van der Waals surface area (Å²) in [5.74, 6) is -0.0256. The van der Waals surface area contributed by atoms with Gasteiger partial charge in [-0.25, -0.2) is 8.60 Å². The monoisotopic (exact) mass is 275 g/mol. The van der Waals surface area contributed by atoms with E-state index in [2.05, 4.69) is 0 Å². The minimum Gasteiger partial charge on any atom is -0.497 e. The molecule has 0 spiro atoms. The molecule has 96 valence electrons. The topological polar surface area (TPSA) is 50.1 Å². The van der Waals surface area contributed by atoms with Crippen molar-refractivity contribution in [2.75, 3.05) is 7.11 Å². The summed E-state index contributed by atoms with van der Waals surface area (Å²) in [6.07, 6.45) is 0. The Morgan fingerprint density at radius 1 is 1.21 bits per heavy atom. The molecule has 0 saturated carbocycles. The van der Waals surface area contributed by atoms with E-state index in [1.165, 1.54) is 25.3 Å². The summed E-state index contributed by atoms with van der Waals surface area (Å²) in [5, 5.41) is 8.93. The van der Waals surface area contributed by atoms with Crippen LogP contribution in [-0.4, -0.2) is 11.3 Å². The van der Waals surface area contributed by atoms with Gasteiger partial charge in [0.2, 0.25) is 0 Å². The molecule has 1 atom stereocenters. The van der Waals surface area contributed by atoms with E-state index in [4.69, 9.17) is 10.00 Å². The molecular weight excluding hydrogens is 265 g/mol. The molecule has 0 aliphatic heterocycles. The highest BCUT2D eigenvalue weighted by Gasteiger charge is 2.15. The van der Waals surface area contributed by atoms with Crippen LogP contribution in [0.4, 0.5) is 4.39 Å². The molecule has 0 saturated heterocycles. The number of hydrogen-bond acceptors (Lipinski definition) is 3. The van der Waals surface area contributed by atoms with Crippen LogP contribution in [0.1, 0.15) is 5.56 Å². The summed E-state index contributed by atoms with van der Waals surface area (Å²) in [5.41, 5.74) is -0.184. The Morgan fingerprint density at radius 3 is 2.47 bits per heavy atom. The molecule has 0 amide bonds. The van der Waals surface area contributed by atoms with Crippen molar-refractivity contribution in [3.8, 4) is 11.8 Å². The maximum Gasteiger partial charge on any atom is 0.142 e. The smallest absolute Gasteiger partial charge is 0.142 e. The molecule has 0 aliphatic rings. The number of nitrogens with zero attached hydrogens (tertiary/aromatic N) is 1. The molecule has 19 heavy (non-hydrogen) atoms. The Morgan fingerprint density at radius 2 is 1.89 bits per heavy atom. The van der Waals surface area contributed by atoms with E-state index < -0.39 is 16.6 Å². The molecule has 2 aromatic carbocycles. The summed E-state index contributed by atoms with van der Waals surface area (Å²) in [6, 6.07) is 12.4. The zero-order valence-corrected chi connectivity index (χ0v) is 10.9. The van der Waals surface area contributed by atoms with E-state index >= 15 is 0 Å². The van der Waals surface area contributed by atoms with E-state index in [-0.39, 0.29) is 10.5 Å². The molecule has 0 unspecified atom stereocenters. The van der Waals surface area contributed by atoms with Gasteiger partial charge in [-0.15, -0.1) is 0 Å². The zero-order valence-electron chi connectivity index (χ0n) is 10.1. The third-order valence-electron chi connectivity index (χ3n) is 2.56. The van der Waals surface area contributed by atoms with Crippen molar-refractivity contribution in [2.45, 2.75) is 9.79 Å². The fraction of sp³-hybridized carbons (Fsp3) is 0.0714. The molecule has 0 radical (unpaired) electrons. The van der Waals surface area contributed by atoms with E-state index in [0.717, 1.165) is 0 Å². The Kier molecular flexibility index (Phi) is 3.93. The van der Waals surface area contributed by atoms with E-state index in [1.807, 2.05) is 0 Å². The van der Waals surface area contributed by atoms with Gasteiger partial charge in [-0.1, -0.05) is 6.07 Å². The molecule has 0 heterocycles. The Bertz CT molecular complexity index is 662. The van der Waals surface area contributed by atoms with Gasteiger partial charge in [0.25, 0.3) is 0 Å². The molecule has 0 bridgehead atoms. The molecule has 2 rings (SSSR count). The normalized spacial score (nSPS) is 11.6. The third kappa shape index (κ3) is 2.64. The summed E-state index contributed by atoms with van der Waals surface area (Å²) < 4.78 is 30.8. The fourth-order valence-electron chi connectivity index (χ4n) is 1.59. The van der Waals surface area contributed by atoms with Crippen LogP contribution in [0, 0.1) is 17.1 Å². The maximum atomic E-state index is 13.5. The Hall–Kier alpha value is -2.19. The first-order valence-electron chi connectivity index (χ1n) is 5.42. The number of rotatable bonds is 3. The Balaban J connectivity index is 2.44. The number of hydrogen-bond donors (Lipinski definition) is 0. The zero-order chi connectivity index (χ0) is 13.8. The second-order valence-electron chi connectivity index (χ2n) is 3.67. The van der Waals surface area contributed by atoms with E-state index in [9.17, 15) is 8.60 Å². The molecule has 3 nitrogen and oxygen atoms in total. The van der Waals surface area contributed by atoms with Gasteiger partial charge in [0.1, 0.15) is 23.2 Å². The molecular formula is C14H10FNO2S. The van der Waals surface area contributed by atoms with Crippen LogP contribution >= 0.6 is 0 Å². The first kappa shape index (κ1) is 13.2. The maximum absolute atomic E-state index is 13.5. The van der Waals surface area contributed by atoms with Gasteiger partial charge in [-0.2, -0.15) is 5.26 Å². The predicted octanol–water partition coefficient (Wildman–Crippen LogP) is 2.87. The number of nitriles is 1. The van der Waals surface area contributed by atoms with Crippen molar-refractivity contribution in [1.29, 1.82) is 5.26 Å². The second kappa shape index (κ2) is 5.63. The van der Waals surface area contributed by atoms with Crippen LogP contribution in [0.3, 0.4) is 0 Å². The highest BCUT2D eigenvalue weighted by Crippen LogP contribution is 2.23. The van der Waals surface area contributed by atoms with Gasteiger partial charge in [0, 0.05) is 4.90 Å². The summed E-state index contributed by atoms with van der Waals surface area (Å²) >= 11 is 0. The van der Waals surface area contributed by atoms with Crippen LogP contribution in [0.2, 0.25) is 0 Å². The number of benzene rings is 2. The summed E-state index contributed by atoms with van der Waals surface area (Å²) in [6.45, 7) is 0. The highest BCUT2D eigenvalue weighted by atomic mass is 32.2. The quantitative estimate of drug-likeness (QED) is 0.865. The van der Waals surface area contributed by atoms with Gasteiger partial charge in [0.05, 0.1) is 22.8 Å². The lowest BCUT2D eigenvalue weighted by Gasteiger charge is -2.06. The minimum absolute atomic E-state index is 0.174. The highest BCUT2D eigenvalue weighted by molar-refractivity contribution is 7.85. The van der Waals surface area contributed by atoms with Gasteiger partial charge in [-0.3, -0.25) is 0 Å². The number of ether oxygens (including phenoxy) is 1. The number of methoxy groups -OCH3 is 1. The predicted molar refractivity (Wildman–Crippen MR) is 68.8 cm³/mol. The van der Waals surface area contributed by atoms with E-state index in [0.29, 0.717) is 10.6 Å². The van der Waals surface area contributed by atoms with E-state index in [1.54, 1.807) is 30.3 Å². The van der Waals surface area contributed by atoms with Crippen molar-refractivity contribution >= 4 is 10.8 Å². The van der Waals surface area contributed by atoms with Gasteiger partial charge in [0.15, 0.2) is 0 Å². The molecule has 0 N–H and O–H groups in total. The molecule has 0 aliphatic carbocycles. The minimum atomic E-state index is -1.60. The van der Waals surface area contributed by atoms with Crippen LogP contribution in [0.5, 0.6) is 5.75 Å². The first-order chi connectivity index (χ1) is 9.17. The van der Waals surface area contributed by atoms with Crippen molar-refractivity contribution in [1.82, 2.24) is 0 Å². The molecule has 0 aromatic heterocycles. The largest absolute Gasteiger partial charge is 0.497 e. The third-order valence-corrected chi connectivity index (χ3v) is 4.00. The Labute approximate surface area is 112 Å². The second-order valence-corrected chi connectivity index (χ2v) is 5.12. The number of halogens is 1. The summed E-state index contributed by atoms with van der Waals surface area (Å²) in [7, 11) is -0.0628. The van der Waals surface area contributed by atoms with Crippen LogP contribution in [-0.2, 0) is 10.8 Å². The molecule has 2 aromatic rings. The van der Waals surface area contributed by atoms with Crippen molar-refractivity contribution in [2.24, 2.45) is 0 Å². The van der Waals surface area contributed by atoms with Crippen molar-refractivity contribution < 1.29 is 13.3 Å². The van der Waals surface area contributed by atoms with Gasteiger partial charge < -0.3 is 4.74 Å². The fourth-order valence-corrected chi connectivity index (χ4v) is 2.76. The van der Waals surface area contributed by atoms with Crippen LogP contribution < -0.4 is 4.74 Å². The average molecular weight is 275 g/mol. The SMILES string of the molecule is COc1ccc([S@](=O)c2cccc(F)c2C#N)cc1. The van der Waals surface area contributed by atoms with Crippen LogP contribution in [0.15, 0.2) is 52.3 Å². The van der Waals surface area contributed by atoms with Crippen molar-refractivity contribution in [3.63, 3.8) is 0 Å². The van der Waals surface area contributed by atoms with Crippen LogP contribution in [0.25, 0.3) is 0 Å². The lowest BCUT2D eigenvalue weighted by Crippen LogP contribution is -1.98. The molecule has 0 fully saturated rings. The van der Waals surface area contributed by atoms with Crippen molar-refractivity contribution in [3.05, 3.63) is 53.8 Å². The summed E-state index contributed by atoms with van der Waals surface area (Å²) in [4.78, 5) is 0.663. The first-order valence-corrected chi connectivity index (χ1v) is 6.57. The lowest BCUT2D eigenvalue weighted by molar-refractivity contribution is 0.414.